The summed E-state index contributed by atoms with van der Waals surface area (Å²) < 4.78 is 0. The van der Waals surface area contributed by atoms with Crippen molar-refractivity contribution in [1.29, 1.82) is 0 Å². The van der Waals surface area contributed by atoms with Gasteiger partial charge in [0.15, 0.2) is 0 Å². The first-order chi connectivity index (χ1) is 10.0. The van der Waals surface area contributed by atoms with E-state index in [1.807, 2.05) is 49.1 Å². The van der Waals surface area contributed by atoms with Crippen molar-refractivity contribution < 1.29 is 4.79 Å². The molecule has 1 amide bonds. The summed E-state index contributed by atoms with van der Waals surface area (Å²) in [7, 11) is 0. The first kappa shape index (κ1) is 13.6. The Kier molecular flexibility index (Phi) is 3.14. The van der Waals surface area contributed by atoms with Crippen LogP contribution in [-0.2, 0) is 16.8 Å². The molecular formula is C16H18N4O. The van der Waals surface area contributed by atoms with Crippen molar-refractivity contribution in [3.05, 3.63) is 53.7 Å². The Bertz CT molecular complexity index is 679. The third-order valence-corrected chi connectivity index (χ3v) is 3.96. The second-order valence-electron chi connectivity index (χ2n) is 5.73. The molecule has 3 rings (SSSR count). The standard InChI is InChI=1S/C16H18N4O/c1-16(2)12-5-3-4-6-13(12)20(15(16)21)10-11-7-8-14(19-17)18-9-11/h3-9H,10,17H2,1-2H3,(H,18,19). The number of anilines is 2. The summed E-state index contributed by atoms with van der Waals surface area (Å²) in [5, 5.41) is 0. The van der Waals surface area contributed by atoms with Crippen LogP contribution in [0, 0.1) is 0 Å². The number of rotatable bonds is 3. The van der Waals surface area contributed by atoms with Crippen LogP contribution in [0.4, 0.5) is 11.5 Å². The number of hydrogen-bond donors (Lipinski definition) is 2. The fourth-order valence-electron chi connectivity index (χ4n) is 2.74. The van der Waals surface area contributed by atoms with Crippen molar-refractivity contribution in [1.82, 2.24) is 4.98 Å². The van der Waals surface area contributed by atoms with E-state index >= 15 is 0 Å². The van der Waals surface area contributed by atoms with Gasteiger partial charge in [0.05, 0.1) is 12.0 Å². The summed E-state index contributed by atoms with van der Waals surface area (Å²) in [6.45, 7) is 4.44. The van der Waals surface area contributed by atoms with Gasteiger partial charge in [-0.15, -0.1) is 0 Å². The van der Waals surface area contributed by atoms with Crippen LogP contribution in [0.15, 0.2) is 42.6 Å². The van der Waals surface area contributed by atoms with Gasteiger partial charge in [0.25, 0.3) is 0 Å². The fourth-order valence-corrected chi connectivity index (χ4v) is 2.74. The number of hydrogen-bond acceptors (Lipinski definition) is 4. The van der Waals surface area contributed by atoms with Crippen LogP contribution in [0.1, 0.15) is 25.0 Å². The van der Waals surface area contributed by atoms with Crippen molar-refractivity contribution in [3.8, 4) is 0 Å². The number of nitrogens with one attached hydrogen (secondary N) is 1. The van der Waals surface area contributed by atoms with Crippen molar-refractivity contribution in [3.63, 3.8) is 0 Å². The van der Waals surface area contributed by atoms with Gasteiger partial charge in [-0.3, -0.25) is 4.79 Å². The number of aromatic nitrogens is 1. The minimum atomic E-state index is -0.483. The molecule has 0 atom stereocenters. The maximum absolute atomic E-state index is 12.7. The molecule has 5 nitrogen and oxygen atoms in total. The van der Waals surface area contributed by atoms with Crippen molar-refractivity contribution in [2.75, 3.05) is 10.3 Å². The monoisotopic (exact) mass is 282 g/mol. The number of nitrogens with zero attached hydrogens (tertiary/aromatic N) is 2. The van der Waals surface area contributed by atoms with Crippen molar-refractivity contribution in [2.45, 2.75) is 25.8 Å². The van der Waals surface area contributed by atoms with Gasteiger partial charge in [-0.25, -0.2) is 10.8 Å². The van der Waals surface area contributed by atoms with E-state index in [-0.39, 0.29) is 5.91 Å². The number of carbonyl (C=O) groups excluding carboxylic acids is 1. The molecule has 0 bridgehead atoms. The first-order valence-electron chi connectivity index (χ1n) is 6.87. The van der Waals surface area contributed by atoms with Gasteiger partial charge >= 0.3 is 0 Å². The SMILES string of the molecule is CC1(C)C(=O)N(Cc2ccc(NN)nc2)c2ccccc21. The zero-order valence-electron chi connectivity index (χ0n) is 12.1. The molecule has 0 spiro atoms. The Morgan fingerprint density at radius 3 is 2.67 bits per heavy atom. The van der Waals surface area contributed by atoms with Crippen LogP contribution in [-0.4, -0.2) is 10.9 Å². The van der Waals surface area contributed by atoms with Crippen molar-refractivity contribution >= 4 is 17.4 Å². The van der Waals surface area contributed by atoms with Crippen LogP contribution >= 0.6 is 0 Å². The number of nitrogens with two attached hydrogens (primary N) is 1. The lowest BCUT2D eigenvalue weighted by molar-refractivity contribution is -0.122. The largest absolute Gasteiger partial charge is 0.308 e. The molecule has 1 aromatic carbocycles. The maximum atomic E-state index is 12.7. The third-order valence-electron chi connectivity index (χ3n) is 3.96. The molecule has 5 heteroatoms. The molecule has 2 heterocycles. The van der Waals surface area contributed by atoms with E-state index in [0.29, 0.717) is 12.4 Å². The predicted molar refractivity (Wildman–Crippen MR) is 82.7 cm³/mol. The first-order valence-corrected chi connectivity index (χ1v) is 6.87. The van der Waals surface area contributed by atoms with E-state index in [4.69, 9.17) is 5.84 Å². The molecular weight excluding hydrogens is 264 g/mol. The number of para-hydroxylation sites is 1. The molecule has 2 aromatic rings. The van der Waals surface area contributed by atoms with Gasteiger partial charge in [-0.2, -0.15) is 0 Å². The number of hydrazine groups is 1. The van der Waals surface area contributed by atoms with Gasteiger partial charge in [-0.05, 0) is 37.1 Å². The van der Waals surface area contributed by atoms with Crippen LogP contribution in [0.25, 0.3) is 0 Å². The van der Waals surface area contributed by atoms with Gasteiger partial charge in [0.1, 0.15) is 5.82 Å². The maximum Gasteiger partial charge on any atom is 0.237 e. The number of carbonyl (C=O) groups is 1. The average Bonchev–Trinajstić information content (AvgIpc) is 2.70. The topological polar surface area (TPSA) is 71.2 Å². The van der Waals surface area contributed by atoms with E-state index in [1.165, 1.54) is 0 Å². The number of fused-ring (bicyclic) bond motifs is 1. The molecule has 0 aliphatic carbocycles. The summed E-state index contributed by atoms with van der Waals surface area (Å²) in [6.07, 6.45) is 1.73. The third kappa shape index (κ3) is 2.15. The molecule has 0 saturated heterocycles. The molecule has 1 aliphatic rings. The molecule has 0 fully saturated rings. The Hall–Kier alpha value is -2.40. The smallest absolute Gasteiger partial charge is 0.237 e. The summed E-state index contributed by atoms with van der Waals surface area (Å²) in [5.74, 6) is 6.03. The Balaban J connectivity index is 1.93. The highest BCUT2D eigenvalue weighted by atomic mass is 16.2. The molecule has 3 N–H and O–H groups in total. The zero-order chi connectivity index (χ0) is 15.0. The minimum Gasteiger partial charge on any atom is -0.308 e. The summed E-state index contributed by atoms with van der Waals surface area (Å²) in [4.78, 5) is 18.7. The van der Waals surface area contributed by atoms with Crippen LogP contribution < -0.4 is 16.2 Å². The fraction of sp³-hybridized carbons (Fsp3) is 0.250. The lowest BCUT2D eigenvalue weighted by Crippen LogP contribution is -2.35. The van der Waals surface area contributed by atoms with Crippen LogP contribution in [0.5, 0.6) is 0 Å². The van der Waals surface area contributed by atoms with Gasteiger partial charge < -0.3 is 10.3 Å². The van der Waals surface area contributed by atoms with Crippen LogP contribution in [0.2, 0.25) is 0 Å². The quantitative estimate of drug-likeness (QED) is 0.668. The molecule has 0 radical (unpaired) electrons. The summed E-state index contributed by atoms with van der Waals surface area (Å²) in [6, 6.07) is 11.7. The molecule has 1 aromatic heterocycles. The summed E-state index contributed by atoms with van der Waals surface area (Å²) >= 11 is 0. The van der Waals surface area contributed by atoms with E-state index < -0.39 is 5.41 Å². The highest BCUT2D eigenvalue weighted by molar-refractivity contribution is 6.07. The highest BCUT2D eigenvalue weighted by Crippen LogP contribution is 2.41. The molecule has 0 saturated carbocycles. The van der Waals surface area contributed by atoms with Gasteiger partial charge in [-0.1, -0.05) is 24.3 Å². The molecule has 108 valence electrons. The van der Waals surface area contributed by atoms with E-state index in [9.17, 15) is 4.79 Å². The second kappa shape index (κ2) is 4.86. The Morgan fingerprint density at radius 2 is 2.00 bits per heavy atom. The lowest BCUT2D eigenvalue weighted by Gasteiger charge is -2.20. The number of pyridine rings is 1. The van der Waals surface area contributed by atoms with E-state index in [0.717, 1.165) is 16.8 Å². The van der Waals surface area contributed by atoms with Gasteiger partial charge in [0.2, 0.25) is 5.91 Å². The normalized spacial score (nSPS) is 16.0. The second-order valence-corrected chi connectivity index (χ2v) is 5.73. The van der Waals surface area contributed by atoms with Gasteiger partial charge in [0, 0.05) is 11.9 Å². The molecule has 21 heavy (non-hydrogen) atoms. The van der Waals surface area contributed by atoms with Crippen LogP contribution in [0.3, 0.4) is 0 Å². The minimum absolute atomic E-state index is 0.115. The number of benzene rings is 1. The van der Waals surface area contributed by atoms with E-state index in [1.54, 1.807) is 12.3 Å². The number of nitrogen functional groups attached to an aromatic ring is 1. The lowest BCUT2D eigenvalue weighted by atomic mass is 9.86. The van der Waals surface area contributed by atoms with Crippen molar-refractivity contribution in [2.24, 2.45) is 5.84 Å². The Morgan fingerprint density at radius 1 is 1.24 bits per heavy atom. The predicted octanol–water partition coefficient (Wildman–Crippen LogP) is 2.19. The zero-order valence-corrected chi connectivity index (χ0v) is 12.1. The summed E-state index contributed by atoms with van der Waals surface area (Å²) in [5.41, 5.74) is 5.03. The Labute approximate surface area is 123 Å². The number of amides is 1. The molecule has 0 unspecified atom stereocenters. The average molecular weight is 282 g/mol. The van der Waals surface area contributed by atoms with E-state index in [2.05, 4.69) is 10.4 Å². The molecule has 1 aliphatic heterocycles. The highest BCUT2D eigenvalue weighted by Gasteiger charge is 2.43.